The Labute approximate surface area is 177 Å². The first-order chi connectivity index (χ1) is 11.8. The van der Waals surface area contributed by atoms with Gasteiger partial charge in [-0.25, -0.2) is 14.4 Å². The van der Waals surface area contributed by atoms with Gasteiger partial charge in [0, 0.05) is 22.0 Å². The van der Waals surface area contributed by atoms with Gasteiger partial charge in [0.05, 0.1) is 13.1 Å². The molecule has 0 unspecified atom stereocenters. The summed E-state index contributed by atoms with van der Waals surface area (Å²) in [5.74, 6) is -0.0164. The minimum atomic E-state index is -4.45. The highest BCUT2D eigenvalue weighted by Gasteiger charge is 2.33. The quantitative estimate of drug-likeness (QED) is 0.233. The molecule has 11 heteroatoms. The standard InChI is InChI=1S/C15H15BrF4N4S.HI/c1-2-21-14(22-6-9-3-4-10(16)5-11(9)17)23-7-13-24-12(8-25-13)15(18,19)20;/h3-5,8H,2,6-7H2,1H3,(H2,21,22,23);1H. The molecule has 0 aliphatic carbocycles. The first-order valence-electron chi connectivity index (χ1n) is 7.27. The molecule has 1 aromatic heterocycles. The van der Waals surface area contributed by atoms with Gasteiger partial charge in [-0.3, -0.25) is 0 Å². The molecule has 4 nitrogen and oxygen atoms in total. The third kappa shape index (κ3) is 6.99. The molecule has 0 fully saturated rings. The van der Waals surface area contributed by atoms with Crippen LogP contribution in [0.25, 0.3) is 0 Å². The number of thiazole rings is 1. The Kier molecular flexibility index (Phi) is 9.24. The number of nitrogens with one attached hydrogen (secondary N) is 2. The number of rotatable bonds is 5. The van der Waals surface area contributed by atoms with E-state index in [9.17, 15) is 17.6 Å². The summed E-state index contributed by atoms with van der Waals surface area (Å²) in [4.78, 5) is 7.78. The molecule has 0 atom stereocenters. The van der Waals surface area contributed by atoms with Crippen molar-refractivity contribution in [1.82, 2.24) is 15.6 Å². The molecule has 0 aliphatic heterocycles. The predicted molar refractivity (Wildman–Crippen MR) is 108 cm³/mol. The number of benzene rings is 1. The molecule has 0 radical (unpaired) electrons. The van der Waals surface area contributed by atoms with Crippen molar-refractivity contribution in [2.45, 2.75) is 26.2 Å². The van der Waals surface area contributed by atoms with E-state index in [0.717, 1.165) is 16.7 Å². The lowest BCUT2D eigenvalue weighted by atomic mass is 10.2. The van der Waals surface area contributed by atoms with Crippen molar-refractivity contribution < 1.29 is 17.6 Å². The minimum Gasteiger partial charge on any atom is -0.357 e. The Balaban J connectivity index is 0.00000338. The van der Waals surface area contributed by atoms with Crippen LogP contribution in [0.5, 0.6) is 0 Å². The monoisotopic (exact) mass is 566 g/mol. The van der Waals surface area contributed by atoms with E-state index in [1.165, 1.54) is 6.07 Å². The SMILES string of the molecule is CCNC(=NCc1ccc(Br)cc1F)NCc1nc(C(F)(F)F)cs1.I. The summed E-state index contributed by atoms with van der Waals surface area (Å²) in [5, 5.41) is 7.10. The van der Waals surface area contributed by atoms with Crippen molar-refractivity contribution in [1.29, 1.82) is 0 Å². The van der Waals surface area contributed by atoms with E-state index in [2.05, 4.69) is 36.5 Å². The number of aliphatic imine (C=N–C) groups is 1. The van der Waals surface area contributed by atoms with Crippen LogP contribution in [0, 0.1) is 5.82 Å². The Bertz CT molecular complexity index is 751. The summed E-state index contributed by atoms with van der Waals surface area (Å²) in [6.07, 6.45) is -4.45. The molecule has 2 rings (SSSR count). The van der Waals surface area contributed by atoms with Gasteiger partial charge >= 0.3 is 6.18 Å². The van der Waals surface area contributed by atoms with Crippen molar-refractivity contribution in [2.75, 3.05) is 6.54 Å². The first kappa shape index (κ1) is 23.1. The molecule has 0 aliphatic rings. The second-order valence-corrected chi connectivity index (χ2v) is 6.77. The second kappa shape index (κ2) is 10.4. The van der Waals surface area contributed by atoms with Gasteiger partial charge in [-0.15, -0.1) is 35.3 Å². The topological polar surface area (TPSA) is 49.3 Å². The molecule has 2 aromatic rings. The zero-order chi connectivity index (χ0) is 18.4. The van der Waals surface area contributed by atoms with Gasteiger partial charge in [0.2, 0.25) is 0 Å². The van der Waals surface area contributed by atoms with Crippen LogP contribution in [0.1, 0.15) is 23.2 Å². The maximum Gasteiger partial charge on any atom is 0.434 e. The van der Waals surface area contributed by atoms with E-state index in [1.54, 1.807) is 12.1 Å². The molecule has 1 aromatic carbocycles. The van der Waals surface area contributed by atoms with Crippen LogP contribution >= 0.6 is 51.2 Å². The highest BCUT2D eigenvalue weighted by Crippen LogP contribution is 2.29. The minimum absolute atomic E-state index is 0. The third-order valence-electron chi connectivity index (χ3n) is 3.02. The lowest BCUT2D eigenvalue weighted by Crippen LogP contribution is -2.36. The molecule has 0 saturated heterocycles. The Morgan fingerprint density at radius 3 is 2.62 bits per heavy atom. The first-order valence-corrected chi connectivity index (χ1v) is 8.94. The van der Waals surface area contributed by atoms with Crippen LogP contribution in [0.15, 0.2) is 33.0 Å². The van der Waals surface area contributed by atoms with Crippen molar-refractivity contribution in [3.8, 4) is 0 Å². The summed E-state index contributed by atoms with van der Waals surface area (Å²) in [5.41, 5.74) is -0.498. The third-order valence-corrected chi connectivity index (χ3v) is 4.36. The number of hydrogen-bond donors (Lipinski definition) is 2. The molecule has 0 bridgehead atoms. The average molecular weight is 567 g/mol. The maximum absolute atomic E-state index is 13.8. The molecular weight excluding hydrogens is 551 g/mol. The van der Waals surface area contributed by atoms with Crippen molar-refractivity contribution >= 4 is 57.2 Å². The summed E-state index contributed by atoms with van der Waals surface area (Å²) >= 11 is 4.09. The van der Waals surface area contributed by atoms with Crippen LogP contribution in [0.2, 0.25) is 0 Å². The molecule has 0 saturated carbocycles. The van der Waals surface area contributed by atoms with Gasteiger partial charge < -0.3 is 10.6 Å². The van der Waals surface area contributed by atoms with Crippen LogP contribution in [0.3, 0.4) is 0 Å². The van der Waals surface area contributed by atoms with E-state index < -0.39 is 11.9 Å². The Morgan fingerprint density at radius 2 is 2.04 bits per heavy atom. The van der Waals surface area contributed by atoms with Gasteiger partial charge in [0.1, 0.15) is 10.8 Å². The number of nitrogens with zero attached hydrogens (tertiary/aromatic N) is 2. The van der Waals surface area contributed by atoms with Crippen LogP contribution < -0.4 is 10.6 Å². The van der Waals surface area contributed by atoms with E-state index in [0.29, 0.717) is 22.5 Å². The molecule has 0 amide bonds. The fourth-order valence-electron chi connectivity index (χ4n) is 1.84. The number of halogens is 6. The average Bonchev–Trinajstić information content (AvgIpc) is 3.00. The Morgan fingerprint density at radius 1 is 1.31 bits per heavy atom. The van der Waals surface area contributed by atoms with Crippen LogP contribution in [-0.2, 0) is 19.3 Å². The largest absolute Gasteiger partial charge is 0.434 e. The van der Waals surface area contributed by atoms with E-state index in [1.807, 2.05) is 6.92 Å². The van der Waals surface area contributed by atoms with E-state index >= 15 is 0 Å². The summed E-state index contributed by atoms with van der Waals surface area (Å²) in [6.45, 7) is 2.60. The predicted octanol–water partition coefficient (Wildman–Crippen LogP) is 4.94. The maximum atomic E-state index is 13.8. The van der Waals surface area contributed by atoms with Crippen molar-refractivity contribution in [3.05, 3.63) is 50.1 Å². The highest BCUT2D eigenvalue weighted by atomic mass is 127. The molecule has 2 N–H and O–H groups in total. The number of alkyl halides is 3. The second-order valence-electron chi connectivity index (χ2n) is 4.91. The van der Waals surface area contributed by atoms with Gasteiger partial charge in [0.15, 0.2) is 11.7 Å². The zero-order valence-electron chi connectivity index (χ0n) is 13.5. The van der Waals surface area contributed by atoms with Crippen LogP contribution in [-0.4, -0.2) is 17.5 Å². The zero-order valence-corrected chi connectivity index (χ0v) is 18.3. The van der Waals surface area contributed by atoms with E-state index in [4.69, 9.17) is 0 Å². The Hall–Kier alpha value is -0.950. The fourth-order valence-corrected chi connectivity index (χ4v) is 2.91. The van der Waals surface area contributed by atoms with E-state index in [-0.39, 0.29) is 47.9 Å². The number of hydrogen-bond acceptors (Lipinski definition) is 3. The van der Waals surface area contributed by atoms with Crippen LogP contribution in [0.4, 0.5) is 17.6 Å². The normalized spacial score (nSPS) is 11.8. The number of guanidine groups is 1. The highest BCUT2D eigenvalue weighted by molar-refractivity contribution is 14.0. The fraction of sp³-hybridized carbons (Fsp3) is 0.333. The number of aromatic nitrogens is 1. The molecule has 0 spiro atoms. The van der Waals surface area contributed by atoms with Gasteiger partial charge in [-0.1, -0.05) is 22.0 Å². The molecule has 1 heterocycles. The molecule has 144 valence electrons. The smallest absolute Gasteiger partial charge is 0.357 e. The van der Waals surface area contributed by atoms with Crippen molar-refractivity contribution in [2.24, 2.45) is 4.99 Å². The molecular formula is C15H16BrF4IN4S. The summed E-state index contributed by atoms with van der Waals surface area (Å²) < 4.78 is 52.1. The van der Waals surface area contributed by atoms with Gasteiger partial charge in [-0.05, 0) is 19.1 Å². The van der Waals surface area contributed by atoms with Gasteiger partial charge in [-0.2, -0.15) is 13.2 Å². The summed E-state index contributed by atoms with van der Waals surface area (Å²) in [6, 6.07) is 4.67. The lowest BCUT2D eigenvalue weighted by molar-refractivity contribution is -0.140. The lowest BCUT2D eigenvalue weighted by Gasteiger charge is -2.10. The molecule has 26 heavy (non-hydrogen) atoms. The van der Waals surface area contributed by atoms with Crippen molar-refractivity contribution in [3.63, 3.8) is 0 Å². The van der Waals surface area contributed by atoms with Gasteiger partial charge in [0.25, 0.3) is 0 Å². The summed E-state index contributed by atoms with van der Waals surface area (Å²) in [7, 11) is 0.